The van der Waals surface area contributed by atoms with Crippen molar-refractivity contribution < 1.29 is 0 Å². The second-order valence-corrected chi connectivity index (χ2v) is 4.85. The van der Waals surface area contributed by atoms with Crippen LogP contribution in [0.2, 0.25) is 0 Å². The summed E-state index contributed by atoms with van der Waals surface area (Å²) in [6, 6.07) is 6.39. The Labute approximate surface area is 100 Å². The first-order chi connectivity index (χ1) is 8.10. The van der Waals surface area contributed by atoms with Crippen LogP contribution in [0.1, 0.15) is 31.9 Å². The standard InChI is InChI=1S/C13H19N3O/c1-8(2)6-11(14-3)9-4-5-10-12(7-9)16-13(17)15-10/h4-5,7-8,11,14H,6H2,1-3H3,(H2,15,16,17). The van der Waals surface area contributed by atoms with Crippen molar-refractivity contribution >= 4 is 11.0 Å². The fraction of sp³-hybridized carbons (Fsp3) is 0.462. The van der Waals surface area contributed by atoms with Gasteiger partial charge in [0.1, 0.15) is 0 Å². The molecule has 0 aliphatic heterocycles. The Morgan fingerprint density at radius 1 is 1.24 bits per heavy atom. The summed E-state index contributed by atoms with van der Waals surface area (Å²) in [6.07, 6.45) is 1.08. The zero-order chi connectivity index (χ0) is 12.4. The molecule has 4 nitrogen and oxygen atoms in total. The highest BCUT2D eigenvalue weighted by Gasteiger charge is 2.12. The van der Waals surface area contributed by atoms with Crippen molar-refractivity contribution in [2.45, 2.75) is 26.3 Å². The highest BCUT2D eigenvalue weighted by Crippen LogP contribution is 2.22. The highest BCUT2D eigenvalue weighted by atomic mass is 16.1. The Morgan fingerprint density at radius 2 is 1.94 bits per heavy atom. The lowest BCUT2D eigenvalue weighted by molar-refractivity contribution is 0.457. The van der Waals surface area contributed by atoms with Gasteiger partial charge in [0.25, 0.3) is 0 Å². The summed E-state index contributed by atoms with van der Waals surface area (Å²) < 4.78 is 0. The van der Waals surface area contributed by atoms with Crippen LogP contribution in [0.3, 0.4) is 0 Å². The van der Waals surface area contributed by atoms with E-state index in [0.29, 0.717) is 12.0 Å². The fourth-order valence-corrected chi connectivity index (χ4v) is 2.16. The molecule has 1 aromatic carbocycles. The predicted octanol–water partition coefficient (Wildman–Crippen LogP) is 2.16. The van der Waals surface area contributed by atoms with Crippen LogP contribution in [0.4, 0.5) is 0 Å². The molecule has 0 aliphatic rings. The molecular weight excluding hydrogens is 214 g/mol. The average Bonchev–Trinajstić information content (AvgIpc) is 2.64. The summed E-state index contributed by atoms with van der Waals surface area (Å²) in [5.41, 5.74) is 2.79. The second kappa shape index (κ2) is 4.75. The number of nitrogens with one attached hydrogen (secondary N) is 3. The van der Waals surface area contributed by atoms with Crippen LogP contribution in [0, 0.1) is 5.92 Å². The van der Waals surface area contributed by atoms with Gasteiger partial charge in [-0.3, -0.25) is 0 Å². The van der Waals surface area contributed by atoms with Gasteiger partial charge in [-0.15, -0.1) is 0 Å². The molecule has 3 N–H and O–H groups in total. The summed E-state index contributed by atoms with van der Waals surface area (Å²) in [7, 11) is 1.97. The zero-order valence-corrected chi connectivity index (χ0v) is 10.5. The number of imidazole rings is 1. The van der Waals surface area contributed by atoms with Crippen LogP contribution >= 0.6 is 0 Å². The lowest BCUT2D eigenvalue weighted by Crippen LogP contribution is -2.18. The largest absolute Gasteiger partial charge is 0.323 e. The van der Waals surface area contributed by atoms with Gasteiger partial charge in [-0.25, -0.2) is 4.79 Å². The molecule has 0 fully saturated rings. The van der Waals surface area contributed by atoms with Gasteiger partial charge in [-0.2, -0.15) is 0 Å². The van der Waals surface area contributed by atoms with Gasteiger partial charge in [0.05, 0.1) is 11.0 Å². The van der Waals surface area contributed by atoms with E-state index in [4.69, 9.17) is 0 Å². The number of fused-ring (bicyclic) bond motifs is 1. The molecule has 1 unspecified atom stereocenters. The molecule has 92 valence electrons. The Balaban J connectivity index is 2.36. The van der Waals surface area contributed by atoms with Crippen LogP contribution in [-0.2, 0) is 0 Å². The molecule has 0 radical (unpaired) electrons. The van der Waals surface area contributed by atoms with E-state index >= 15 is 0 Å². The van der Waals surface area contributed by atoms with Crippen LogP contribution in [0.25, 0.3) is 11.0 Å². The van der Waals surface area contributed by atoms with E-state index in [1.165, 1.54) is 5.56 Å². The third-order valence-electron chi connectivity index (χ3n) is 3.00. The molecule has 0 amide bonds. The summed E-state index contributed by atoms with van der Waals surface area (Å²) in [5, 5.41) is 3.32. The van der Waals surface area contributed by atoms with Crippen LogP contribution in [-0.4, -0.2) is 17.0 Å². The first kappa shape index (κ1) is 11.9. The Bertz CT molecular complexity index is 553. The van der Waals surface area contributed by atoms with Gasteiger partial charge >= 0.3 is 5.69 Å². The monoisotopic (exact) mass is 233 g/mol. The molecule has 0 saturated carbocycles. The van der Waals surface area contributed by atoms with Crippen LogP contribution in [0.15, 0.2) is 23.0 Å². The van der Waals surface area contributed by atoms with E-state index in [-0.39, 0.29) is 5.69 Å². The van der Waals surface area contributed by atoms with Crippen molar-refractivity contribution in [3.8, 4) is 0 Å². The predicted molar refractivity (Wildman–Crippen MR) is 70.2 cm³/mol. The van der Waals surface area contributed by atoms with Gasteiger partial charge in [-0.1, -0.05) is 19.9 Å². The van der Waals surface area contributed by atoms with Gasteiger partial charge in [0.2, 0.25) is 0 Å². The van der Waals surface area contributed by atoms with E-state index < -0.39 is 0 Å². The summed E-state index contributed by atoms with van der Waals surface area (Å²) in [4.78, 5) is 16.7. The summed E-state index contributed by atoms with van der Waals surface area (Å²) in [5.74, 6) is 0.633. The normalized spacial score (nSPS) is 13.4. The maximum Gasteiger partial charge on any atom is 0.323 e. The molecule has 2 aromatic rings. The molecular formula is C13H19N3O. The zero-order valence-electron chi connectivity index (χ0n) is 10.5. The lowest BCUT2D eigenvalue weighted by Gasteiger charge is -2.18. The van der Waals surface area contributed by atoms with Gasteiger partial charge in [0, 0.05) is 6.04 Å². The minimum atomic E-state index is -0.151. The van der Waals surface area contributed by atoms with Crippen molar-refractivity contribution in [2.75, 3.05) is 7.05 Å². The number of hydrogen-bond acceptors (Lipinski definition) is 2. The number of aromatic nitrogens is 2. The van der Waals surface area contributed by atoms with Crippen molar-refractivity contribution in [3.63, 3.8) is 0 Å². The smallest absolute Gasteiger partial charge is 0.313 e. The van der Waals surface area contributed by atoms with E-state index in [9.17, 15) is 4.79 Å². The van der Waals surface area contributed by atoms with Crippen molar-refractivity contribution in [1.29, 1.82) is 0 Å². The highest BCUT2D eigenvalue weighted by molar-refractivity contribution is 5.75. The van der Waals surface area contributed by atoms with Crippen LogP contribution < -0.4 is 11.0 Å². The maximum absolute atomic E-state index is 11.2. The minimum absolute atomic E-state index is 0.151. The Kier molecular flexibility index (Phi) is 3.33. The maximum atomic E-state index is 11.2. The number of H-pyrrole nitrogens is 2. The number of benzene rings is 1. The van der Waals surface area contributed by atoms with Gasteiger partial charge < -0.3 is 15.3 Å². The van der Waals surface area contributed by atoms with Gasteiger partial charge in [0.15, 0.2) is 0 Å². The van der Waals surface area contributed by atoms with E-state index in [1.54, 1.807) is 0 Å². The molecule has 17 heavy (non-hydrogen) atoms. The second-order valence-electron chi connectivity index (χ2n) is 4.85. The molecule has 4 heteroatoms. The molecule has 0 aliphatic carbocycles. The molecule has 0 bridgehead atoms. The van der Waals surface area contributed by atoms with Gasteiger partial charge in [-0.05, 0) is 37.1 Å². The first-order valence-electron chi connectivity index (χ1n) is 5.99. The number of rotatable bonds is 4. The third kappa shape index (κ3) is 2.58. The topological polar surface area (TPSA) is 60.7 Å². The van der Waals surface area contributed by atoms with E-state index in [0.717, 1.165) is 17.5 Å². The Morgan fingerprint density at radius 3 is 2.59 bits per heavy atom. The SMILES string of the molecule is CNC(CC(C)C)c1ccc2[nH]c(=O)[nH]c2c1. The number of aromatic amines is 2. The van der Waals surface area contributed by atoms with Crippen molar-refractivity contribution in [2.24, 2.45) is 5.92 Å². The third-order valence-corrected chi connectivity index (χ3v) is 3.00. The summed E-state index contributed by atoms with van der Waals surface area (Å²) >= 11 is 0. The fourth-order valence-electron chi connectivity index (χ4n) is 2.16. The van der Waals surface area contributed by atoms with E-state index in [2.05, 4.69) is 35.2 Å². The Hall–Kier alpha value is -1.55. The van der Waals surface area contributed by atoms with Crippen LogP contribution in [0.5, 0.6) is 0 Å². The molecule has 1 aromatic heterocycles. The quantitative estimate of drug-likeness (QED) is 0.758. The molecule has 0 spiro atoms. The lowest BCUT2D eigenvalue weighted by atomic mass is 9.97. The average molecular weight is 233 g/mol. The number of hydrogen-bond donors (Lipinski definition) is 3. The minimum Gasteiger partial charge on any atom is -0.313 e. The molecule has 1 heterocycles. The first-order valence-corrected chi connectivity index (χ1v) is 5.99. The van der Waals surface area contributed by atoms with Crippen molar-refractivity contribution in [3.05, 3.63) is 34.2 Å². The molecule has 2 rings (SSSR count). The molecule has 0 saturated heterocycles. The summed E-state index contributed by atoms with van der Waals surface area (Å²) in [6.45, 7) is 4.42. The van der Waals surface area contributed by atoms with Crippen molar-refractivity contribution in [1.82, 2.24) is 15.3 Å². The van der Waals surface area contributed by atoms with E-state index in [1.807, 2.05) is 19.2 Å². The molecule has 1 atom stereocenters.